The third-order valence-corrected chi connectivity index (χ3v) is 3.98. The maximum absolute atomic E-state index is 12.2. The van der Waals surface area contributed by atoms with E-state index in [0.717, 1.165) is 6.42 Å². The van der Waals surface area contributed by atoms with Gasteiger partial charge in [0.1, 0.15) is 6.10 Å². The summed E-state index contributed by atoms with van der Waals surface area (Å²) in [6.45, 7) is 2.16. The highest BCUT2D eigenvalue weighted by Crippen LogP contribution is 2.16. The van der Waals surface area contributed by atoms with E-state index in [1.807, 2.05) is 13.0 Å². The molecule has 0 radical (unpaired) electrons. The number of nitrogens with one attached hydrogen (secondary N) is 3. The van der Waals surface area contributed by atoms with Crippen LogP contribution in [0.5, 0.6) is 0 Å². The fourth-order valence-corrected chi connectivity index (χ4v) is 2.49. The van der Waals surface area contributed by atoms with E-state index >= 15 is 0 Å². The van der Waals surface area contributed by atoms with Crippen LogP contribution < -0.4 is 16.0 Å². The summed E-state index contributed by atoms with van der Waals surface area (Å²) in [4.78, 5) is 24.0. The van der Waals surface area contributed by atoms with Gasteiger partial charge < -0.3 is 26.2 Å². The van der Waals surface area contributed by atoms with E-state index in [9.17, 15) is 19.8 Å². The molecule has 0 saturated carbocycles. The van der Waals surface area contributed by atoms with Gasteiger partial charge in [-0.25, -0.2) is 4.79 Å². The number of aliphatic hydroxyl groups excluding tert-OH is 2. The number of rotatable bonds is 8. The lowest BCUT2D eigenvalue weighted by Crippen LogP contribution is -2.44. The number of benzene rings is 2. The van der Waals surface area contributed by atoms with E-state index in [0.29, 0.717) is 23.4 Å². The second kappa shape index (κ2) is 10.3. The highest BCUT2D eigenvalue weighted by molar-refractivity contribution is 5.95. The summed E-state index contributed by atoms with van der Waals surface area (Å²) in [5, 5.41) is 27.8. The molecule has 7 heteroatoms. The van der Waals surface area contributed by atoms with Gasteiger partial charge in [0, 0.05) is 17.8 Å². The minimum atomic E-state index is -1.04. The molecular weight excluding hydrogens is 346 g/mol. The maximum Gasteiger partial charge on any atom is 0.319 e. The van der Waals surface area contributed by atoms with Gasteiger partial charge in [0.2, 0.25) is 0 Å². The Morgan fingerprint density at radius 3 is 2.30 bits per heavy atom. The zero-order valence-corrected chi connectivity index (χ0v) is 15.2. The Morgan fingerprint density at radius 1 is 1.04 bits per heavy atom. The molecule has 5 N–H and O–H groups in total. The van der Waals surface area contributed by atoms with Crippen LogP contribution >= 0.6 is 0 Å². The Bertz CT molecular complexity index is 735. The third kappa shape index (κ3) is 6.09. The summed E-state index contributed by atoms with van der Waals surface area (Å²) in [6.07, 6.45) is -0.182. The van der Waals surface area contributed by atoms with Crippen LogP contribution in [0.25, 0.3) is 0 Å². The van der Waals surface area contributed by atoms with E-state index in [1.54, 1.807) is 48.5 Å². The molecule has 0 aliphatic heterocycles. The van der Waals surface area contributed by atoms with Crippen LogP contribution in [-0.2, 0) is 0 Å². The molecule has 2 aromatic rings. The summed E-state index contributed by atoms with van der Waals surface area (Å²) >= 11 is 0. The lowest BCUT2D eigenvalue weighted by molar-refractivity contribution is 0.0947. The van der Waals surface area contributed by atoms with Gasteiger partial charge in [0.25, 0.3) is 5.91 Å². The summed E-state index contributed by atoms with van der Waals surface area (Å²) in [7, 11) is 0. The first-order valence-electron chi connectivity index (χ1n) is 8.84. The van der Waals surface area contributed by atoms with Crippen molar-refractivity contribution in [3.05, 3.63) is 65.7 Å². The first-order valence-corrected chi connectivity index (χ1v) is 8.84. The van der Waals surface area contributed by atoms with Crippen LogP contribution in [0.1, 0.15) is 35.4 Å². The minimum absolute atomic E-state index is 0.167. The summed E-state index contributed by atoms with van der Waals surface area (Å²) in [5.74, 6) is -0.167. The smallest absolute Gasteiger partial charge is 0.319 e. The second-order valence-electron chi connectivity index (χ2n) is 6.08. The molecule has 0 aliphatic carbocycles. The quantitative estimate of drug-likeness (QED) is 0.489. The van der Waals surface area contributed by atoms with E-state index in [-0.39, 0.29) is 5.91 Å². The van der Waals surface area contributed by atoms with Crippen molar-refractivity contribution in [3.63, 3.8) is 0 Å². The van der Waals surface area contributed by atoms with Gasteiger partial charge in [-0.05, 0) is 36.2 Å². The average molecular weight is 371 g/mol. The van der Waals surface area contributed by atoms with Crippen LogP contribution in [0.3, 0.4) is 0 Å². The van der Waals surface area contributed by atoms with E-state index < -0.39 is 24.8 Å². The van der Waals surface area contributed by atoms with E-state index in [1.165, 1.54) is 0 Å². The Balaban J connectivity index is 1.93. The van der Waals surface area contributed by atoms with E-state index in [4.69, 9.17) is 0 Å². The number of anilines is 1. The van der Waals surface area contributed by atoms with Crippen molar-refractivity contribution in [2.24, 2.45) is 0 Å². The van der Waals surface area contributed by atoms with Crippen molar-refractivity contribution >= 4 is 17.6 Å². The van der Waals surface area contributed by atoms with Crippen LogP contribution in [0.15, 0.2) is 54.6 Å². The number of hydrogen-bond donors (Lipinski definition) is 5. The molecule has 0 aliphatic rings. The first kappa shape index (κ1) is 20.4. The zero-order valence-electron chi connectivity index (χ0n) is 15.2. The van der Waals surface area contributed by atoms with Gasteiger partial charge in [-0.3, -0.25) is 4.79 Å². The lowest BCUT2D eigenvalue weighted by Gasteiger charge is -2.22. The van der Waals surface area contributed by atoms with Crippen LogP contribution in [0.4, 0.5) is 10.5 Å². The highest BCUT2D eigenvalue weighted by Gasteiger charge is 2.22. The van der Waals surface area contributed by atoms with Gasteiger partial charge in [-0.1, -0.05) is 37.3 Å². The number of carbonyl (C=O) groups excluding carboxylic acids is 2. The maximum atomic E-state index is 12.2. The Morgan fingerprint density at radius 2 is 1.70 bits per heavy atom. The molecule has 3 amide bonds. The predicted molar refractivity (Wildman–Crippen MR) is 103 cm³/mol. The minimum Gasteiger partial charge on any atom is -0.394 e. The molecular formula is C20H25N3O4. The SMILES string of the molecule is CCCNC(=O)c1ccc(NC(=O)N[C@@H](CO)[C@@H](O)c2ccccc2)cc1. The fraction of sp³-hybridized carbons (Fsp3) is 0.300. The lowest BCUT2D eigenvalue weighted by atomic mass is 10.0. The molecule has 0 aromatic heterocycles. The monoisotopic (exact) mass is 371 g/mol. The third-order valence-electron chi connectivity index (χ3n) is 3.98. The molecule has 0 unspecified atom stereocenters. The van der Waals surface area contributed by atoms with Gasteiger partial charge in [-0.2, -0.15) is 0 Å². The number of amides is 3. The van der Waals surface area contributed by atoms with Crippen molar-refractivity contribution in [3.8, 4) is 0 Å². The normalized spacial score (nSPS) is 12.7. The highest BCUT2D eigenvalue weighted by atomic mass is 16.3. The molecule has 27 heavy (non-hydrogen) atoms. The molecule has 0 fully saturated rings. The van der Waals surface area contributed by atoms with Crippen molar-refractivity contribution in [1.82, 2.24) is 10.6 Å². The molecule has 0 heterocycles. The number of carbonyl (C=O) groups is 2. The van der Waals surface area contributed by atoms with Gasteiger partial charge in [0.05, 0.1) is 12.6 Å². The van der Waals surface area contributed by atoms with Crippen LogP contribution in [-0.4, -0.2) is 41.3 Å². The summed E-state index contributed by atoms with van der Waals surface area (Å²) in [6, 6.07) is 13.8. The van der Waals surface area contributed by atoms with Gasteiger partial charge in [-0.15, -0.1) is 0 Å². The van der Waals surface area contributed by atoms with Gasteiger partial charge >= 0.3 is 6.03 Å². The Kier molecular flexibility index (Phi) is 7.79. The second-order valence-corrected chi connectivity index (χ2v) is 6.08. The molecule has 7 nitrogen and oxygen atoms in total. The molecule has 0 saturated heterocycles. The van der Waals surface area contributed by atoms with Crippen molar-refractivity contribution in [1.29, 1.82) is 0 Å². The Labute approximate surface area is 158 Å². The standard InChI is InChI=1S/C20H25N3O4/c1-2-12-21-19(26)15-8-10-16(11-9-15)22-20(27)23-17(13-24)18(25)14-6-4-3-5-7-14/h3-11,17-18,24-25H,2,12-13H2,1H3,(H,21,26)(H2,22,23,27)/t17-,18-/m0/s1. The molecule has 2 atom stereocenters. The molecule has 2 rings (SSSR count). The molecule has 0 spiro atoms. The zero-order chi connectivity index (χ0) is 19.6. The van der Waals surface area contributed by atoms with Crippen molar-refractivity contribution < 1.29 is 19.8 Å². The first-order chi connectivity index (χ1) is 13.0. The topological polar surface area (TPSA) is 111 Å². The van der Waals surface area contributed by atoms with Crippen molar-refractivity contribution in [2.45, 2.75) is 25.5 Å². The Hall–Kier alpha value is -2.90. The average Bonchev–Trinajstić information content (AvgIpc) is 2.71. The summed E-state index contributed by atoms with van der Waals surface area (Å²) < 4.78 is 0. The largest absolute Gasteiger partial charge is 0.394 e. The van der Waals surface area contributed by atoms with Crippen LogP contribution in [0, 0.1) is 0 Å². The predicted octanol–water partition coefficient (Wildman–Crippen LogP) is 2.04. The van der Waals surface area contributed by atoms with Crippen molar-refractivity contribution in [2.75, 3.05) is 18.5 Å². The fourth-order valence-electron chi connectivity index (χ4n) is 2.49. The summed E-state index contributed by atoms with van der Waals surface area (Å²) in [5.41, 5.74) is 1.59. The van der Waals surface area contributed by atoms with Crippen LogP contribution in [0.2, 0.25) is 0 Å². The molecule has 2 aromatic carbocycles. The number of aliphatic hydroxyl groups is 2. The number of hydrogen-bond acceptors (Lipinski definition) is 4. The number of urea groups is 1. The molecule has 144 valence electrons. The van der Waals surface area contributed by atoms with Gasteiger partial charge in [0.15, 0.2) is 0 Å². The van der Waals surface area contributed by atoms with E-state index in [2.05, 4.69) is 16.0 Å². The molecule has 0 bridgehead atoms.